The maximum absolute atomic E-state index is 12.2. The molecule has 0 atom stereocenters. The molecule has 1 aromatic carbocycles. The van der Waals surface area contributed by atoms with Crippen LogP contribution in [0.1, 0.15) is 20.8 Å². The maximum Gasteiger partial charge on any atom is 0.204 e. The third-order valence-corrected chi connectivity index (χ3v) is 3.82. The van der Waals surface area contributed by atoms with E-state index < -0.39 is 0 Å². The van der Waals surface area contributed by atoms with Gasteiger partial charge in [-0.15, -0.1) is 11.3 Å². The van der Waals surface area contributed by atoms with E-state index in [0.717, 1.165) is 11.3 Å². The van der Waals surface area contributed by atoms with Crippen LogP contribution in [0.2, 0.25) is 5.02 Å². The number of hydrogen-bond acceptors (Lipinski definition) is 3. The van der Waals surface area contributed by atoms with E-state index in [9.17, 15) is 4.79 Å². The van der Waals surface area contributed by atoms with Gasteiger partial charge in [-0.05, 0) is 42.1 Å². The molecule has 0 saturated carbocycles. The quantitative estimate of drug-likeness (QED) is 0.787. The Bertz CT molecular complexity index is 560. The predicted molar refractivity (Wildman–Crippen MR) is 70.5 cm³/mol. The van der Waals surface area contributed by atoms with Crippen LogP contribution in [0.5, 0.6) is 5.75 Å². The summed E-state index contributed by atoms with van der Waals surface area (Å²) in [5, 5.41) is 2.32. The Balaban J connectivity index is 2.39. The van der Waals surface area contributed by atoms with Crippen molar-refractivity contribution in [3.63, 3.8) is 0 Å². The van der Waals surface area contributed by atoms with Crippen LogP contribution in [0.15, 0.2) is 29.6 Å². The van der Waals surface area contributed by atoms with Gasteiger partial charge in [0.2, 0.25) is 5.78 Å². The summed E-state index contributed by atoms with van der Waals surface area (Å²) in [6.45, 7) is 1.91. The summed E-state index contributed by atoms with van der Waals surface area (Å²) >= 11 is 7.30. The van der Waals surface area contributed by atoms with Gasteiger partial charge in [0.15, 0.2) is 0 Å². The molecule has 0 spiro atoms. The molecule has 0 radical (unpaired) electrons. The second-order valence-electron chi connectivity index (χ2n) is 3.61. The molecular formula is C13H11ClO2S. The topological polar surface area (TPSA) is 26.3 Å². The molecule has 2 rings (SSSR count). The monoisotopic (exact) mass is 266 g/mol. The SMILES string of the molecule is COc1ccc(C(=O)c2sccc2Cl)cc1C. The third-order valence-electron chi connectivity index (χ3n) is 2.48. The van der Waals surface area contributed by atoms with Crippen molar-refractivity contribution >= 4 is 28.7 Å². The van der Waals surface area contributed by atoms with Crippen LogP contribution >= 0.6 is 22.9 Å². The molecule has 2 aromatic rings. The van der Waals surface area contributed by atoms with E-state index in [1.807, 2.05) is 18.4 Å². The fourth-order valence-electron chi connectivity index (χ4n) is 1.61. The number of benzene rings is 1. The summed E-state index contributed by atoms with van der Waals surface area (Å²) < 4.78 is 5.16. The fourth-order valence-corrected chi connectivity index (χ4v) is 2.71. The van der Waals surface area contributed by atoms with Crippen molar-refractivity contribution in [2.45, 2.75) is 6.92 Å². The average Bonchev–Trinajstić information content (AvgIpc) is 2.74. The zero-order chi connectivity index (χ0) is 12.4. The van der Waals surface area contributed by atoms with Crippen molar-refractivity contribution in [1.29, 1.82) is 0 Å². The third kappa shape index (κ3) is 2.35. The van der Waals surface area contributed by atoms with Gasteiger partial charge in [0, 0.05) is 5.56 Å². The number of ketones is 1. The summed E-state index contributed by atoms with van der Waals surface area (Å²) in [6, 6.07) is 7.10. The van der Waals surface area contributed by atoms with Gasteiger partial charge in [-0.2, -0.15) is 0 Å². The van der Waals surface area contributed by atoms with Gasteiger partial charge >= 0.3 is 0 Å². The Kier molecular flexibility index (Phi) is 3.50. The summed E-state index contributed by atoms with van der Waals surface area (Å²) in [7, 11) is 1.61. The molecule has 1 heterocycles. The minimum Gasteiger partial charge on any atom is -0.496 e. The van der Waals surface area contributed by atoms with E-state index >= 15 is 0 Å². The highest BCUT2D eigenvalue weighted by Gasteiger charge is 2.15. The maximum atomic E-state index is 12.2. The molecule has 0 aliphatic rings. The van der Waals surface area contributed by atoms with E-state index in [0.29, 0.717) is 15.5 Å². The normalized spacial score (nSPS) is 10.3. The van der Waals surface area contributed by atoms with E-state index in [-0.39, 0.29) is 5.78 Å². The molecular weight excluding hydrogens is 256 g/mol. The van der Waals surface area contributed by atoms with Crippen molar-refractivity contribution in [3.05, 3.63) is 50.7 Å². The van der Waals surface area contributed by atoms with Crippen molar-refractivity contribution in [2.75, 3.05) is 7.11 Å². The largest absolute Gasteiger partial charge is 0.496 e. The highest BCUT2D eigenvalue weighted by atomic mass is 35.5. The van der Waals surface area contributed by atoms with Crippen LogP contribution in [0.4, 0.5) is 0 Å². The lowest BCUT2D eigenvalue weighted by Gasteiger charge is -2.06. The first kappa shape index (κ1) is 12.1. The van der Waals surface area contributed by atoms with E-state index in [4.69, 9.17) is 16.3 Å². The van der Waals surface area contributed by atoms with Crippen LogP contribution in [0.3, 0.4) is 0 Å². The number of hydrogen-bond donors (Lipinski definition) is 0. The lowest BCUT2D eigenvalue weighted by molar-refractivity contribution is 0.104. The summed E-state index contributed by atoms with van der Waals surface area (Å²) in [4.78, 5) is 12.7. The second kappa shape index (κ2) is 4.90. The molecule has 0 N–H and O–H groups in total. The molecule has 0 bridgehead atoms. The lowest BCUT2D eigenvalue weighted by atomic mass is 10.1. The van der Waals surface area contributed by atoms with Crippen LogP contribution in [0.25, 0.3) is 0 Å². The van der Waals surface area contributed by atoms with Crippen LogP contribution < -0.4 is 4.74 Å². The predicted octanol–water partition coefficient (Wildman–Crippen LogP) is 3.95. The van der Waals surface area contributed by atoms with Gasteiger partial charge in [-0.25, -0.2) is 0 Å². The molecule has 0 fully saturated rings. The van der Waals surface area contributed by atoms with Crippen molar-refractivity contribution < 1.29 is 9.53 Å². The first-order valence-electron chi connectivity index (χ1n) is 5.06. The van der Waals surface area contributed by atoms with Gasteiger partial charge < -0.3 is 4.74 Å². The van der Waals surface area contributed by atoms with Gasteiger partial charge in [-0.1, -0.05) is 11.6 Å². The van der Waals surface area contributed by atoms with Crippen molar-refractivity contribution in [2.24, 2.45) is 0 Å². The zero-order valence-corrected chi connectivity index (χ0v) is 11.1. The van der Waals surface area contributed by atoms with Gasteiger partial charge in [0.25, 0.3) is 0 Å². The van der Waals surface area contributed by atoms with E-state index in [1.165, 1.54) is 11.3 Å². The number of aryl methyl sites for hydroxylation is 1. The number of thiophene rings is 1. The number of ether oxygens (including phenoxy) is 1. The number of carbonyl (C=O) groups excluding carboxylic acids is 1. The highest BCUT2D eigenvalue weighted by molar-refractivity contribution is 7.13. The van der Waals surface area contributed by atoms with Crippen molar-refractivity contribution in [1.82, 2.24) is 0 Å². The van der Waals surface area contributed by atoms with Gasteiger partial charge in [-0.3, -0.25) is 4.79 Å². The fraction of sp³-hybridized carbons (Fsp3) is 0.154. The smallest absolute Gasteiger partial charge is 0.204 e. The molecule has 0 unspecified atom stereocenters. The molecule has 2 nitrogen and oxygen atoms in total. The number of carbonyl (C=O) groups is 1. The molecule has 4 heteroatoms. The Labute approximate surface area is 109 Å². The Hall–Kier alpha value is -1.32. The Morgan fingerprint density at radius 3 is 2.65 bits per heavy atom. The number of methoxy groups -OCH3 is 1. The number of halogens is 1. The first-order chi connectivity index (χ1) is 8.13. The highest BCUT2D eigenvalue weighted by Crippen LogP contribution is 2.27. The first-order valence-corrected chi connectivity index (χ1v) is 6.31. The molecule has 0 aliphatic heterocycles. The van der Waals surface area contributed by atoms with Gasteiger partial charge in [0.1, 0.15) is 5.75 Å². The standard InChI is InChI=1S/C13H11ClO2S/c1-8-7-9(3-4-11(8)16-2)12(15)13-10(14)5-6-17-13/h3-7H,1-2H3. The molecule has 0 saturated heterocycles. The second-order valence-corrected chi connectivity index (χ2v) is 4.93. The Morgan fingerprint density at radius 2 is 2.12 bits per heavy atom. The van der Waals surface area contributed by atoms with E-state index in [2.05, 4.69) is 0 Å². The molecule has 17 heavy (non-hydrogen) atoms. The van der Waals surface area contributed by atoms with E-state index in [1.54, 1.807) is 25.3 Å². The summed E-state index contributed by atoms with van der Waals surface area (Å²) in [5.74, 6) is 0.731. The Morgan fingerprint density at radius 1 is 1.35 bits per heavy atom. The average molecular weight is 267 g/mol. The number of rotatable bonds is 3. The minimum atomic E-state index is -0.0456. The van der Waals surface area contributed by atoms with Gasteiger partial charge in [0.05, 0.1) is 17.0 Å². The van der Waals surface area contributed by atoms with Crippen LogP contribution in [0, 0.1) is 6.92 Å². The zero-order valence-electron chi connectivity index (χ0n) is 9.49. The molecule has 1 aromatic heterocycles. The minimum absolute atomic E-state index is 0.0456. The van der Waals surface area contributed by atoms with Crippen molar-refractivity contribution in [3.8, 4) is 5.75 Å². The molecule has 0 aliphatic carbocycles. The lowest BCUT2D eigenvalue weighted by Crippen LogP contribution is -2.00. The van der Waals surface area contributed by atoms with Crippen LogP contribution in [-0.2, 0) is 0 Å². The molecule has 88 valence electrons. The van der Waals surface area contributed by atoms with Crippen LogP contribution in [-0.4, -0.2) is 12.9 Å². The summed E-state index contributed by atoms with van der Waals surface area (Å²) in [5.41, 5.74) is 1.57. The molecule has 0 amide bonds. The summed E-state index contributed by atoms with van der Waals surface area (Å²) in [6.07, 6.45) is 0.